The van der Waals surface area contributed by atoms with E-state index in [1.165, 1.54) is 17.8 Å². The summed E-state index contributed by atoms with van der Waals surface area (Å²) in [6.07, 6.45) is -0.196. The first-order valence-electron chi connectivity index (χ1n) is 5.80. The second kappa shape index (κ2) is 6.23. The Kier molecular flexibility index (Phi) is 4.61. The summed E-state index contributed by atoms with van der Waals surface area (Å²) < 4.78 is 37.3. The van der Waals surface area contributed by atoms with Crippen LogP contribution in [0.2, 0.25) is 0 Å². The van der Waals surface area contributed by atoms with E-state index in [1.807, 2.05) is 6.07 Å². The van der Waals surface area contributed by atoms with Crippen LogP contribution < -0.4 is 5.73 Å². The maximum Gasteiger partial charge on any atom is 0.417 e. The zero-order chi connectivity index (χ0) is 14.6. The standard InChI is InChI=1S/C13H12F3N3S/c14-13(15,16)10-3-4-12(19-8-10)20-11(6-17)9-2-1-5-18-7-9/h1-5,7-8,11H,6,17H2. The van der Waals surface area contributed by atoms with Crippen LogP contribution in [0.25, 0.3) is 0 Å². The maximum absolute atomic E-state index is 12.4. The van der Waals surface area contributed by atoms with Crippen LogP contribution in [0.4, 0.5) is 13.2 Å². The second-order valence-electron chi connectivity index (χ2n) is 4.01. The summed E-state index contributed by atoms with van der Waals surface area (Å²) in [5.41, 5.74) is 5.86. The number of pyridine rings is 2. The Labute approximate surface area is 118 Å². The molecule has 2 heterocycles. The highest BCUT2D eigenvalue weighted by molar-refractivity contribution is 7.99. The Morgan fingerprint density at radius 1 is 1.20 bits per heavy atom. The van der Waals surface area contributed by atoms with Crippen molar-refractivity contribution in [2.45, 2.75) is 16.5 Å². The molecule has 2 rings (SSSR count). The number of rotatable bonds is 4. The van der Waals surface area contributed by atoms with Crippen molar-refractivity contribution in [1.82, 2.24) is 9.97 Å². The number of nitrogens with zero attached hydrogens (tertiary/aromatic N) is 2. The molecule has 2 N–H and O–H groups in total. The van der Waals surface area contributed by atoms with Gasteiger partial charge in [0.25, 0.3) is 0 Å². The molecular weight excluding hydrogens is 287 g/mol. The SMILES string of the molecule is NCC(Sc1ccc(C(F)(F)F)cn1)c1cccnc1. The molecule has 106 valence electrons. The molecule has 1 unspecified atom stereocenters. The molecule has 0 saturated carbocycles. The molecule has 0 fully saturated rings. The molecule has 7 heteroatoms. The van der Waals surface area contributed by atoms with Crippen molar-refractivity contribution < 1.29 is 13.2 Å². The monoisotopic (exact) mass is 299 g/mol. The van der Waals surface area contributed by atoms with Gasteiger partial charge in [-0.05, 0) is 23.8 Å². The van der Waals surface area contributed by atoms with Gasteiger partial charge in [-0.25, -0.2) is 4.98 Å². The van der Waals surface area contributed by atoms with Crippen LogP contribution in [0.3, 0.4) is 0 Å². The smallest absolute Gasteiger partial charge is 0.329 e. The van der Waals surface area contributed by atoms with Gasteiger partial charge in [0.1, 0.15) is 0 Å². The lowest BCUT2D eigenvalue weighted by Gasteiger charge is -2.14. The van der Waals surface area contributed by atoms with Gasteiger partial charge in [-0.2, -0.15) is 13.2 Å². The van der Waals surface area contributed by atoms with Crippen molar-refractivity contribution in [2.75, 3.05) is 6.54 Å². The van der Waals surface area contributed by atoms with Gasteiger partial charge in [-0.1, -0.05) is 17.8 Å². The van der Waals surface area contributed by atoms with Crippen LogP contribution in [-0.4, -0.2) is 16.5 Å². The van der Waals surface area contributed by atoms with Crippen molar-refractivity contribution >= 4 is 11.8 Å². The van der Waals surface area contributed by atoms with Gasteiger partial charge in [-0.3, -0.25) is 4.98 Å². The number of halogens is 3. The van der Waals surface area contributed by atoms with Crippen molar-refractivity contribution in [2.24, 2.45) is 5.73 Å². The third-order valence-electron chi connectivity index (χ3n) is 2.60. The average molecular weight is 299 g/mol. The Morgan fingerprint density at radius 2 is 2.00 bits per heavy atom. The van der Waals surface area contributed by atoms with Crippen molar-refractivity contribution in [3.05, 3.63) is 54.0 Å². The molecule has 3 nitrogen and oxygen atoms in total. The third kappa shape index (κ3) is 3.71. The van der Waals surface area contributed by atoms with Crippen molar-refractivity contribution in [1.29, 1.82) is 0 Å². The fourth-order valence-corrected chi connectivity index (χ4v) is 2.51. The van der Waals surface area contributed by atoms with E-state index in [4.69, 9.17) is 5.73 Å². The van der Waals surface area contributed by atoms with Gasteiger partial charge in [0.05, 0.1) is 10.6 Å². The van der Waals surface area contributed by atoms with E-state index in [-0.39, 0.29) is 5.25 Å². The molecule has 0 aliphatic heterocycles. The summed E-state index contributed by atoms with van der Waals surface area (Å²) in [5, 5.41) is 0.408. The minimum Gasteiger partial charge on any atom is -0.329 e. The predicted octanol–water partition coefficient (Wildman–Crippen LogP) is 3.29. The molecule has 2 aromatic rings. The maximum atomic E-state index is 12.4. The molecule has 0 aliphatic carbocycles. The van der Waals surface area contributed by atoms with E-state index in [0.29, 0.717) is 11.6 Å². The topological polar surface area (TPSA) is 51.8 Å². The van der Waals surface area contributed by atoms with Crippen molar-refractivity contribution in [3.8, 4) is 0 Å². The van der Waals surface area contributed by atoms with Crippen LogP contribution in [0.15, 0.2) is 47.9 Å². The van der Waals surface area contributed by atoms with Gasteiger partial charge >= 0.3 is 6.18 Å². The second-order valence-corrected chi connectivity index (χ2v) is 5.23. The fraction of sp³-hybridized carbons (Fsp3) is 0.231. The average Bonchev–Trinajstić information content (AvgIpc) is 2.45. The molecule has 20 heavy (non-hydrogen) atoms. The van der Waals surface area contributed by atoms with E-state index in [9.17, 15) is 13.2 Å². The summed E-state index contributed by atoms with van der Waals surface area (Å²) in [4.78, 5) is 7.83. The number of hydrogen-bond donors (Lipinski definition) is 1. The third-order valence-corrected chi connectivity index (χ3v) is 3.83. The predicted molar refractivity (Wildman–Crippen MR) is 71.1 cm³/mol. The van der Waals surface area contributed by atoms with E-state index < -0.39 is 11.7 Å². The molecule has 0 radical (unpaired) electrons. The van der Waals surface area contributed by atoms with Crippen molar-refractivity contribution in [3.63, 3.8) is 0 Å². The summed E-state index contributed by atoms with van der Waals surface area (Å²) in [5.74, 6) is 0. The first-order chi connectivity index (χ1) is 9.50. The molecule has 0 aliphatic rings. The molecule has 1 atom stereocenters. The van der Waals surface area contributed by atoms with Gasteiger partial charge in [-0.15, -0.1) is 0 Å². The summed E-state index contributed by atoms with van der Waals surface area (Å²) >= 11 is 1.32. The van der Waals surface area contributed by atoms with E-state index in [0.717, 1.165) is 17.8 Å². The van der Waals surface area contributed by atoms with Crippen LogP contribution in [0.1, 0.15) is 16.4 Å². The Hall–Kier alpha value is -1.60. The van der Waals surface area contributed by atoms with Crippen LogP contribution >= 0.6 is 11.8 Å². The molecule has 0 bridgehead atoms. The molecule has 0 spiro atoms. The van der Waals surface area contributed by atoms with Crippen LogP contribution in [-0.2, 0) is 6.18 Å². The summed E-state index contributed by atoms with van der Waals surface area (Å²) in [6, 6.07) is 6.04. The first kappa shape index (κ1) is 14.8. The minimum absolute atomic E-state index is 0.0899. The molecular formula is C13H12F3N3S. The molecule has 2 aromatic heterocycles. The Morgan fingerprint density at radius 3 is 2.50 bits per heavy atom. The van der Waals surface area contributed by atoms with Gasteiger partial charge in [0, 0.05) is 30.4 Å². The molecule has 0 saturated heterocycles. The zero-order valence-electron chi connectivity index (χ0n) is 10.3. The number of aromatic nitrogens is 2. The van der Waals surface area contributed by atoms with Crippen LogP contribution in [0.5, 0.6) is 0 Å². The normalized spacial score (nSPS) is 13.2. The number of alkyl halides is 3. The highest BCUT2D eigenvalue weighted by Gasteiger charge is 2.30. The lowest BCUT2D eigenvalue weighted by molar-refractivity contribution is -0.137. The number of thioether (sulfide) groups is 1. The first-order valence-corrected chi connectivity index (χ1v) is 6.68. The largest absolute Gasteiger partial charge is 0.417 e. The van der Waals surface area contributed by atoms with Gasteiger partial charge in [0.2, 0.25) is 0 Å². The van der Waals surface area contributed by atoms with E-state index >= 15 is 0 Å². The lowest BCUT2D eigenvalue weighted by atomic mass is 10.2. The zero-order valence-corrected chi connectivity index (χ0v) is 11.2. The van der Waals surface area contributed by atoms with E-state index in [1.54, 1.807) is 18.5 Å². The lowest BCUT2D eigenvalue weighted by Crippen LogP contribution is -2.10. The molecule has 0 amide bonds. The summed E-state index contributed by atoms with van der Waals surface area (Å²) in [6.45, 7) is 0.346. The number of hydrogen-bond acceptors (Lipinski definition) is 4. The van der Waals surface area contributed by atoms with Gasteiger partial charge < -0.3 is 5.73 Å². The highest BCUT2D eigenvalue weighted by atomic mass is 32.2. The fourth-order valence-electron chi connectivity index (χ4n) is 1.58. The number of nitrogens with two attached hydrogens (primary N) is 1. The van der Waals surface area contributed by atoms with E-state index in [2.05, 4.69) is 9.97 Å². The Balaban J connectivity index is 2.13. The molecule has 0 aromatic carbocycles. The Bertz CT molecular complexity index is 543. The summed E-state index contributed by atoms with van der Waals surface area (Å²) in [7, 11) is 0. The quantitative estimate of drug-likeness (QED) is 0.880. The van der Waals surface area contributed by atoms with Gasteiger partial charge in [0.15, 0.2) is 0 Å². The highest BCUT2D eigenvalue weighted by Crippen LogP contribution is 2.34. The minimum atomic E-state index is -4.37. The van der Waals surface area contributed by atoms with Crippen LogP contribution in [0, 0.1) is 0 Å².